The van der Waals surface area contributed by atoms with Gasteiger partial charge in [-0.3, -0.25) is 4.79 Å². The maximum absolute atomic E-state index is 13.7. The molecule has 2 aliphatic rings. The molecule has 3 aromatic rings. The monoisotopic (exact) mass is 524 g/mol. The van der Waals surface area contributed by atoms with Gasteiger partial charge in [0, 0.05) is 31.3 Å². The van der Waals surface area contributed by atoms with Gasteiger partial charge in [0.15, 0.2) is 29.2 Å². The van der Waals surface area contributed by atoms with Crippen molar-refractivity contribution in [3.63, 3.8) is 0 Å². The summed E-state index contributed by atoms with van der Waals surface area (Å²) in [6.07, 6.45) is -1.10. The van der Waals surface area contributed by atoms with Gasteiger partial charge in [-0.05, 0) is 48.0 Å². The van der Waals surface area contributed by atoms with Crippen LogP contribution >= 0.6 is 0 Å². The Kier molecular flexibility index (Phi) is 8.10. The number of halogens is 1. The number of nitrogens with one attached hydrogen (secondary N) is 2. The van der Waals surface area contributed by atoms with Crippen LogP contribution in [0, 0.1) is 5.82 Å². The highest BCUT2D eigenvalue weighted by atomic mass is 19.1. The Morgan fingerprint density at radius 3 is 2.79 bits per heavy atom. The first-order valence-corrected chi connectivity index (χ1v) is 12.4. The van der Waals surface area contributed by atoms with Crippen LogP contribution in [0.5, 0.6) is 28.7 Å². The molecule has 2 heterocycles. The molecule has 9 nitrogen and oxygen atoms in total. The molecule has 0 aliphatic carbocycles. The highest BCUT2D eigenvalue weighted by molar-refractivity contribution is 5.98. The minimum Gasteiger partial charge on any atom is -0.492 e. The Hall–Kier alpha value is -4.02. The van der Waals surface area contributed by atoms with Crippen molar-refractivity contribution in [1.29, 1.82) is 0 Å². The first-order chi connectivity index (χ1) is 18.5. The second kappa shape index (κ2) is 12.0. The zero-order valence-electron chi connectivity index (χ0n) is 20.7. The molecule has 0 aromatic heterocycles. The Labute approximate surface area is 219 Å². The number of amides is 1. The van der Waals surface area contributed by atoms with Crippen molar-refractivity contribution >= 4 is 5.91 Å². The van der Waals surface area contributed by atoms with E-state index >= 15 is 0 Å². The van der Waals surface area contributed by atoms with E-state index in [4.69, 9.17) is 23.7 Å². The summed E-state index contributed by atoms with van der Waals surface area (Å²) in [6, 6.07) is 16.8. The lowest BCUT2D eigenvalue weighted by atomic mass is 10.1. The van der Waals surface area contributed by atoms with Gasteiger partial charge in [-0.1, -0.05) is 12.1 Å². The fraction of sp³-hybridized carbons (Fsp3) is 0.321. The number of hydrogen-bond acceptors (Lipinski definition) is 8. The number of aliphatic hydroxyl groups is 1. The number of carbonyl (C=O) groups is 1. The van der Waals surface area contributed by atoms with Crippen LogP contribution in [0.15, 0.2) is 60.7 Å². The first kappa shape index (κ1) is 25.6. The molecular formula is C28H29FN2O7. The van der Waals surface area contributed by atoms with Crippen LogP contribution in [0.3, 0.4) is 0 Å². The van der Waals surface area contributed by atoms with Crippen molar-refractivity contribution in [2.75, 3.05) is 39.5 Å². The zero-order valence-corrected chi connectivity index (χ0v) is 20.7. The molecule has 0 saturated heterocycles. The molecule has 0 unspecified atom stereocenters. The third-order valence-corrected chi connectivity index (χ3v) is 6.03. The molecule has 0 saturated carbocycles. The van der Waals surface area contributed by atoms with Crippen LogP contribution < -0.4 is 34.3 Å². The smallest absolute Gasteiger partial charge is 0.251 e. The minimum absolute atomic E-state index is 0.0576. The predicted molar refractivity (Wildman–Crippen MR) is 136 cm³/mol. The largest absolute Gasteiger partial charge is 0.492 e. The second-order valence-corrected chi connectivity index (χ2v) is 8.92. The van der Waals surface area contributed by atoms with Crippen molar-refractivity contribution < 1.29 is 38.0 Å². The molecule has 0 spiro atoms. The van der Waals surface area contributed by atoms with Gasteiger partial charge in [-0.15, -0.1) is 0 Å². The van der Waals surface area contributed by atoms with Gasteiger partial charge in [-0.2, -0.15) is 0 Å². The maximum atomic E-state index is 13.7. The summed E-state index contributed by atoms with van der Waals surface area (Å²) < 4.78 is 42.3. The summed E-state index contributed by atoms with van der Waals surface area (Å²) in [7, 11) is 0. The lowest BCUT2D eigenvalue weighted by molar-refractivity contribution is 0.0517. The quantitative estimate of drug-likeness (QED) is 0.311. The van der Waals surface area contributed by atoms with E-state index in [1.807, 2.05) is 6.07 Å². The average molecular weight is 525 g/mol. The fourth-order valence-electron chi connectivity index (χ4n) is 4.07. The molecule has 38 heavy (non-hydrogen) atoms. The van der Waals surface area contributed by atoms with Crippen LogP contribution in [0.4, 0.5) is 4.39 Å². The Morgan fingerprint density at radius 1 is 1.05 bits per heavy atom. The van der Waals surface area contributed by atoms with E-state index in [1.54, 1.807) is 48.5 Å². The van der Waals surface area contributed by atoms with E-state index < -0.39 is 11.9 Å². The summed E-state index contributed by atoms with van der Waals surface area (Å²) in [5.41, 5.74) is 1.62. The lowest BCUT2D eigenvalue weighted by Crippen LogP contribution is -2.34. The van der Waals surface area contributed by atoms with Crippen LogP contribution in [0.1, 0.15) is 15.9 Å². The number of aliphatic hydroxyl groups excluding tert-OH is 1. The number of hydrogen-bond donors (Lipinski definition) is 3. The molecule has 0 radical (unpaired) electrons. The summed E-state index contributed by atoms with van der Waals surface area (Å²) in [5, 5.41) is 16.1. The Bertz CT molecular complexity index is 1270. The van der Waals surface area contributed by atoms with Crippen molar-refractivity contribution in [3.8, 4) is 28.7 Å². The molecule has 3 aromatic carbocycles. The van der Waals surface area contributed by atoms with E-state index in [0.29, 0.717) is 54.8 Å². The number of carbonyl (C=O) groups excluding carboxylic acids is 1. The van der Waals surface area contributed by atoms with E-state index in [1.165, 1.54) is 6.07 Å². The zero-order chi connectivity index (χ0) is 26.3. The van der Waals surface area contributed by atoms with Crippen molar-refractivity contribution in [1.82, 2.24) is 10.6 Å². The van der Waals surface area contributed by atoms with Crippen molar-refractivity contribution in [2.24, 2.45) is 0 Å². The van der Waals surface area contributed by atoms with Gasteiger partial charge in [-0.25, -0.2) is 4.39 Å². The number of para-hydroxylation sites is 1. The summed E-state index contributed by atoms with van der Waals surface area (Å²) in [4.78, 5) is 11.6. The third kappa shape index (κ3) is 6.45. The molecule has 5 rings (SSSR count). The number of benzene rings is 3. The fourth-order valence-corrected chi connectivity index (χ4v) is 4.07. The van der Waals surface area contributed by atoms with Gasteiger partial charge in [0.25, 0.3) is 5.91 Å². The van der Waals surface area contributed by atoms with Gasteiger partial charge in [0.1, 0.15) is 44.0 Å². The predicted octanol–water partition coefficient (Wildman–Crippen LogP) is 2.70. The highest BCUT2D eigenvalue weighted by Gasteiger charge is 2.23. The standard InChI is InChI=1S/C28H29FN2O7/c29-24-3-1-2-4-25(24)36-16-22-17-37-27-12-21(6-8-26(27)38-22)35-15-19(32)14-30-9-10-34-20-5-7-23-18(11-20)13-31-28(23)33/h1-8,11-12,19,22,30,32H,9-10,13-17H2,(H,31,33)/t19-,22-/m0/s1. The topological polar surface area (TPSA) is 108 Å². The molecule has 1 amide bonds. The first-order valence-electron chi connectivity index (χ1n) is 12.4. The summed E-state index contributed by atoms with van der Waals surface area (Å²) in [6.45, 7) is 2.30. The Morgan fingerprint density at radius 2 is 1.89 bits per heavy atom. The van der Waals surface area contributed by atoms with Crippen LogP contribution in [-0.2, 0) is 6.54 Å². The summed E-state index contributed by atoms with van der Waals surface area (Å²) in [5.74, 6) is 2.00. The maximum Gasteiger partial charge on any atom is 0.251 e. The van der Waals surface area contributed by atoms with Crippen LogP contribution in [-0.4, -0.2) is 62.7 Å². The molecule has 200 valence electrons. The van der Waals surface area contributed by atoms with Gasteiger partial charge >= 0.3 is 0 Å². The molecule has 2 aliphatic heterocycles. The van der Waals surface area contributed by atoms with Crippen LogP contribution in [0.2, 0.25) is 0 Å². The molecule has 0 bridgehead atoms. The highest BCUT2D eigenvalue weighted by Crippen LogP contribution is 2.35. The molecular weight excluding hydrogens is 495 g/mol. The normalized spacial score (nSPS) is 16.4. The summed E-state index contributed by atoms with van der Waals surface area (Å²) >= 11 is 0. The molecule has 10 heteroatoms. The minimum atomic E-state index is -0.722. The average Bonchev–Trinajstić information content (AvgIpc) is 3.31. The van der Waals surface area contributed by atoms with Gasteiger partial charge in [0.05, 0.1) is 0 Å². The number of fused-ring (bicyclic) bond motifs is 2. The Balaban J connectivity index is 0.987. The lowest BCUT2D eigenvalue weighted by Gasteiger charge is -2.27. The second-order valence-electron chi connectivity index (χ2n) is 8.92. The SMILES string of the molecule is O=C1NCc2cc(OCCNC[C@H](O)COc3ccc4c(c3)OC[C@H](COc3ccccc3F)O4)ccc21. The van der Waals surface area contributed by atoms with Crippen LogP contribution in [0.25, 0.3) is 0 Å². The molecule has 3 N–H and O–H groups in total. The number of ether oxygens (including phenoxy) is 5. The van der Waals surface area contributed by atoms with E-state index in [-0.39, 0.29) is 37.6 Å². The molecule has 2 atom stereocenters. The number of rotatable bonds is 12. The van der Waals surface area contributed by atoms with E-state index in [2.05, 4.69) is 10.6 Å². The van der Waals surface area contributed by atoms with Crippen molar-refractivity contribution in [2.45, 2.75) is 18.8 Å². The van der Waals surface area contributed by atoms with E-state index in [0.717, 1.165) is 5.56 Å². The van der Waals surface area contributed by atoms with Gasteiger partial charge in [0.2, 0.25) is 0 Å². The molecule has 0 fully saturated rings. The third-order valence-electron chi connectivity index (χ3n) is 6.03. The van der Waals surface area contributed by atoms with Gasteiger partial charge < -0.3 is 39.4 Å². The van der Waals surface area contributed by atoms with E-state index in [9.17, 15) is 14.3 Å². The van der Waals surface area contributed by atoms with Crippen molar-refractivity contribution in [3.05, 3.63) is 77.6 Å².